The first-order chi connectivity index (χ1) is 10.6. The number of nitro groups is 1. The average molecular weight is 343 g/mol. The Morgan fingerprint density at radius 3 is 2.61 bits per heavy atom. The quantitative estimate of drug-likeness (QED) is 0.609. The van der Waals surface area contributed by atoms with Crippen LogP contribution in [0.4, 0.5) is 11.4 Å². The summed E-state index contributed by atoms with van der Waals surface area (Å²) < 4.78 is 0. The number of amides is 1. The topological polar surface area (TPSA) is 87.5 Å². The first-order valence-electron chi connectivity index (χ1n) is 7.51. The summed E-state index contributed by atoms with van der Waals surface area (Å²) in [6.45, 7) is 2.57. The summed E-state index contributed by atoms with van der Waals surface area (Å²) in [5.74, 6) is 0.610. The van der Waals surface area contributed by atoms with Gasteiger partial charge in [0.15, 0.2) is 0 Å². The van der Waals surface area contributed by atoms with Crippen molar-refractivity contribution in [1.29, 1.82) is 0 Å². The molecule has 2 rings (SSSR count). The predicted octanol–water partition coefficient (Wildman–Crippen LogP) is 1.89. The van der Waals surface area contributed by atoms with Crippen LogP contribution >= 0.6 is 12.4 Å². The van der Waals surface area contributed by atoms with Crippen molar-refractivity contribution in [3.05, 3.63) is 34.4 Å². The minimum atomic E-state index is -0.448. The predicted molar refractivity (Wildman–Crippen MR) is 92.1 cm³/mol. The number of para-hydroxylation sites is 2. The monoisotopic (exact) mass is 342 g/mol. The number of halogens is 1. The van der Waals surface area contributed by atoms with Gasteiger partial charge in [-0.25, -0.2) is 0 Å². The Balaban J connectivity index is 0.00000264. The number of carbonyl (C=O) groups is 1. The van der Waals surface area contributed by atoms with E-state index in [1.165, 1.54) is 6.07 Å². The van der Waals surface area contributed by atoms with Gasteiger partial charge in [-0.1, -0.05) is 12.1 Å². The lowest BCUT2D eigenvalue weighted by molar-refractivity contribution is -0.383. The number of nitro benzene ring substituents is 1. The Morgan fingerprint density at radius 1 is 1.35 bits per heavy atom. The molecule has 1 saturated heterocycles. The molecule has 1 amide bonds. The van der Waals surface area contributed by atoms with Crippen molar-refractivity contribution < 1.29 is 9.72 Å². The Bertz CT molecular complexity index is 533. The van der Waals surface area contributed by atoms with E-state index in [2.05, 4.69) is 10.6 Å². The highest BCUT2D eigenvalue weighted by Gasteiger charge is 2.22. The standard InChI is InChI=1S/C15H22N4O3.ClH/c1-16-10-12-6-8-18(9-7-12)15(20)11-17-13-4-2-3-5-14(13)19(21)22;/h2-5,12,16-17H,6-11H2,1H3;1H. The molecule has 1 aliphatic heterocycles. The van der Waals surface area contributed by atoms with Gasteiger partial charge in [0, 0.05) is 19.2 Å². The molecule has 1 aromatic rings. The van der Waals surface area contributed by atoms with Crippen LogP contribution in [0.15, 0.2) is 24.3 Å². The van der Waals surface area contributed by atoms with Gasteiger partial charge >= 0.3 is 0 Å². The van der Waals surface area contributed by atoms with Crippen LogP contribution in [0.3, 0.4) is 0 Å². The third-order valence-electron chi connectivity index (χ3n) is 3.99. The lowest BCUT2D eigenvalue weighted by Crippen LogP contribution is -2.42. The number of benzene rings is 1. The van der Waals surface area contributed by atoms with E-state index in [4.69, 9.17) is 0 Å². The van der Waals surface area contributed by atoms with Gasteiger partial charge in [0.05, 0.1) is 11.5 Å². The number of nitrogens with one attached hydrogen (secondary N) is 2. The third kappa shape index (κ3) is 5.37. The number of anilines is 1. The number of carbonyl (C=O) groups excluding carboxylic acids is 1. The van der Waals surface area contributed by atoms with Crippen molar-refractivity contribution in [2.45, 2.75) is 12.8 Å². The summed E-state index contributed by atoms with van der Waals surface area (Å²) >= 11 is 0. The number of nitrogens with zero attached hydrogens (tertiary/aromatic N) is 2. The van der Waals surface area contributed by atoms with Crippen molar-refractivity contribution >= 4 is 29.7 Å². The molecule has 1 aliphatic rings. The zero-order chi connectivity index (χ0) is 15.9. The first kappa shape index (κ1) is 19.2. The number of hydrogen-bond donors (Lipinski definition) is 2. The highest BCUT2D eigenvalue weighted by Crippen LogP contribution is 2.23. The van der Waals surface area contributed by atoms with Gasteiger partial charge in [0.2, 0.25) is 5.91 Å². The minimum absolute atomic E-state index is 0. The molecule has 0 aromatic heterocycles. The number of rotatable bonds is 6. The summed E-state index contributed by atoms with van der Waals surface area (Å²) in [6.07, 6.45) is 2.00. The van der Waals surface area contributed by atoms with Crippen molar-refractivity contribution in [2.75, 3.05) is 38.5 Å². The fourth-order valence-corrected chi connectivity index (χ4v) is 2.74. The molecule has 0 bridgehead atoms. The summed E-state index contributed by atoms with van der Waals surface area (Å²) in [5.41, 5.74) is 0.369. The van der Waals surface area contributed by atoms with E-state index in [1.807, 2.05) is 11.9 Å². The molecule has 7 nitrogen and oxygen atoms in total. The van der Waals surface area contributed by atoms with Gasteiger partial charge in [-0.15, -0.1) is 12.4 Å². The minimum Gasteiger partial charge on any atom is -0.371 e. The van der Waals surface area contributed by atoms with Crippen molar-refractivity contribution in [3.63, 3.8) is 0 Å². The van der Waals surface area contributed by atoms with Crippen LogP contribution < -0.4 is 10.6 Å². The number of piperidine rings is 1. The van der Waals surface area contributed by atoms with Gasteiger partial charge in [-0.05, 0) is 38.4 Å². The Labute approximate surface area is 142 Å². The smallest absolute Gasteiger partial charge is 0.292 e. The molecule has 1 aromatic carbocycles. The SMILES string of the molecule is CNCC1CCN(C(=O)CNc2ccccc2[N+](=O)[O-])CC1.Cl. The second kappa shape index (κ2) is 9.32. The molecule has 0 unspecified atom stereocenters. The van der Waals surface area contributed by atoms with E-state index in [1.54, 1.807) is 18.2 Å². The second-order valence-corrected chi connectivity index (χ2v) is 5.51. The summed E-state index contributed by atoms with van der Waals surface area (Å²) in [4.78, 5) is 24.5. The second-order valence-electron chi connectivity index (χ2n) is 5.51. The van der Waals surface area contributed by atoms with E-state index < -0.39 is 4.92 Å². The molecule has 2 N–H and O–H groups in total. The molecular formula is C15H23ClN4O3. The lowest BCUT2D eigenvalue weighted by atomic mass is 9.97. The molecule has 23 heavy (non-hydrogen) atoms. The zero-order valence-corrected chi connectivity index (χ0v) is 14.0. The summed E-state index contributed by atoms with van der Waals surface area (Å²) in [5, 5.41) is 17.0. The third-order valence-corrected chi connectivity index (χ3v) is 3.99. The highest BCUT2D eigenvalue weighted by atomic mass is 35.5. The Hall–Kier alpha value is -1.86. The van der Waals surface area contributed by atoms with Gasteiger partial charge in [-0.3, -0.25) is 14.9 Å². The fraction of sp³-hybridized carbons (Fsp3) is 0.533. The normalized spacial score (nSPS) is 14.9. The van der Waals surface area contributed by atoms with E-state index in [0.717, 1.165) is 32.5 Å². The summed E-state index contributed by atoms with van der Waals surface area (Å²) in [6, 6.07) is 6.36. The van der Waals surface area contributed by atoms with Crippen LogP contribution in [-0.4, -0.2) is 49.0 Å². The van der Waals surface area contributed by atoms with Crippen molar-refractivity contribution in [2.24, 2.45) is 5.92 Å². The van der Waals surface area contributed by atoms with E-state index in [-0.39, 0.29) is 30.5 Å². The molecule has 8 heteroatoms. The van der Waals surface area contributed by atoms with Crippen LogP contribution in [0.2, 0.25) is 0 Å². The van der Waals surface area contributed by atoms with Crippen LogP contribution in [-0.2, 0) is 4.79 Å². The average Bonchev–Trinajstić information content (AvgIpc) is 2.54. The van der Waals surface area contributed by atoms with Gasteiger partial charge in [0.1, 0.15) is 5.69 Å². The van der Waals surface area contributed by atoms with Crippen LogP contribution in [0, 0.1) is 16.0 Å². The number of hydrogen-bond acceptors (Lipinski definition) is 5. The molecule has 0 spiro atoms. The molecule has 0 saturated carbocycles. The number of likely N-dealkylation sites (tertiary alicyclic amines) is 1. The van der Waals surface area contributed by atoms with Gasteiger partial charge in [-0.2, -0.15) is 0 Å². The molecule has 1 fully saturated rings. The fourth-order valence-electron chi connectivity index (χ4n) is 2.74. The summed E-state index contributed by atoms with van der Waals surface area (Å²) in [7, 11) is 1.94. The van der Waals surface area contributed by atoms with E-state index >= 15 is 0 Å². The van der Waals surface area contributed by atoms with E-state index in [0.29, 0.717) is 11.6 Å². The molecular weight excluding hydrogens is 320 g/mol. The molecule has 1 heterocycles. The Morgan fingerprint density at radius 2 is 2.00 bits per heavy atom. The zero-order valence-electron chi connectivity index (χ0n) is 13.2. The molecule has 0 aliphatic carbocycles. The maximum atomic E-state index is 12.2. The van der Waals surface area contributed by atoms with E-state index in [9.17, 15) is 14.9 Å². The van der Waals surface area contributed by atoms with Gasteiger partial charge < -0.3 is 15.5 Å². The van der Waals surface area contributed by atoms with Gasteiger partial charge in [0.25, 0.3) is 5.69 Å². The molecule has 0 radical (unpaired) electrons. The maximum absolute atomic E-state index is 12.2. The molecule has 128 valence electrons. The highest BCUT2D eigenvalue weighted by molar-refractivity contribution is 5.85. The first-order valence-corrected chi connectivity index (χ1v) is 7.51. The van der Waals surface area contributed by atoms with Crippen molar-refractivity contribution in [3.8, 4) is 0 Å². The van der Waals surface area contributed by atoms with Crippen molar-refractivity contribution in [1.82, 2.24) is 10.2 Å². The van der Waals surface area contributed by atoms with Crippen LogP contribution in [0.1, 0.15) is 12.8 Å². The van der Waals surface area contributed by atoms with Crippen LogP contribution in [0.5, 0.6) is 0 Å². The largest absolute Gasteiger partial charge is 0.371 e. The van der Waals surface area contributed by atoms with Crippen LogP contribution in [0.25, 0.3) is 0 Å². The Kier molecular flexibility index (Phi) is 7.77. The maximum Gasteiger partial charge on any atom is 0.292 e. The lowest BCUT2D eigenvalue weighted by Gasteiger charge is -2.32. The molecule has 0 atom stereocenters.